The molecule has 0 radical (unpaired) electrons. The summed E-state index contributed by atoms with van der Waals surface area (Å²) in [6.07, 6.45) is 0. The fourth-order valence-electron chi connectivity index (χ4n) is 3.15. The molecule has 0 saturated carbocycles. The Morgan fingerprint density at radius 2 is 1.58 bits per heavy atom. The van der Waals surface area contributed by atoms with Gasteiger partial charge in [-0.05, 0) is 67.9 Å². The third-order valence-corrected chi connectivity index (χ3v) is 6.65. The van der Waals surface area contributed by atoms with E-state index in [9.17, 15) is 13.2 Å². The van der Waals surface area contributed by atoms with Crippen molar-refractivity contribution in [3.05, 3.63) is 83.4 Å². The number of carbonyl (C=O) groups is 1. The number of anilines is 1. The molecule has 0 aromatic heterocycles. The molecular weight excluding hydrogens is 440 g/mol. The van der Waals surface area contributed by atoms with Crippen LogP contribution in [0.5, 0.6) is 11.5 Å². The van der Waals surface area contributed by atoms with Gasteiger partial charge in [-0.15, -0.1) is 0 Å². The lowest BCUT2D eigenvalue weighted by Gasteiger charge is -2.19. The normalized spacial score (nSPS) is 11.0. The van der Waals surface area contributed by atoms with Crippen LogP contribution in [0.4, 0.5) is 5.69 Å². The van der Waals surface area contributed by atoms with Gasteiger partial charge in [0.25, 0.3) is 15.9 Å². The van der Waals surface area contributed by atoms with E-state index in [2.05, 4.69) is 4.72 Å². The van der Waals surface area contributed by atoms with Gasteiger partial charge in [-0.1, -0.05) is 23.8 Å². The molecule has 3 aromatic carbocycles. The number of amides is 1. The summed E-state index contributed by atoms with van der Waals surface area (Å²) in [5.74, 6) is 1.06. The molecule has 0 heterocycles. The minimum atomic E-state index is -3.89. The second-order valence-corrected chi connectivity index (χ2v) is 9.35. The summed E-state index contributed by atoms with van der Waals surface area (Å²) in [6, 6.07) is 18.9. The van der Waals surface area contributed by atoms with Crippen molar-refractivity contribution in [1.82, 2.24) is 4.90 Å². The summed E-state index contributed by atoms with van der Waals surface area (Å²) >= 11 is 0. The number of aryl methyl sites for hydroxylation is 2. The number of hydrogen-bond acceptors (Lipinski definition) is 5. The monoisotopic (exact) mass is 468 g/mol. The maximum atomic E-state index is 13.0. The van der Waals surface area contributed by atoms with Crippen molar-refractivity contribution in [3.8, 4) is 11.5 Å². The molecule has 8 heteroatoms. The molecule has 3 rings (SSSR count). The van der Waals surface area contributed by atoms with Crippen molar-refractivity contribution in [2.45, 2.75) is 18.7 Å². The molecule has 0 aliphatic carbocycles. The molecule has 0 fully saturated rings. The smallest absolute Gasteiger partial charge is 0.262 e. The molecule has 0 aliphatic heterocycles. The first-order chi connectivity index (χ1) is 15.7. The highest BCUT2D eigenvalue weighted by atomic mass is 32.2. The molecular formula is C25H28N2O5S. The Morgan fingerprint density at radius 1 is 0.939 bits per heavy atom. The van der Waals surface area contributed by atoms with Crippen molar-refractivity contribution >= 4 is 21.6 Å². The Morgan fingerprint density at radius 3 is 2.21 bits per heavy atom. The molecule has 0 unspecified atom stereocenters. The fraction of sp³-hybridized carbons (Fsp3) is 0.240. The zero-order chi connectivity index (χ0) is 24.0. The van der Waals surface area contributed by atoms with E-state index in [0.29, 0.717) is 30.2 Å². The molecule has 0 atom stereocenters. The van der Waals surface area contributed by atoms with Crippen molar-refractivity contribution in [3.63, 3.8) is 0 Å². The van der Waals surface area contributed by atoms with Crippen LogP contribution in [0.3, 0.4) is 0 Å². The molecule has 0 spiro atoms. The van der Waals surface area contributed by atoms with Gasteiger partial charge in [0.05, 0.1) is 18.6 Å². The standard InChI is InChI=1S/C25H28N2O5S/c1-18-5-11-23(12-6-18)32-16-15-27(3)25(28)20-8-7-19(2)24(17-20)33(29,30)26-21-9-13-22(31-4)14-10-21/h5-14,17,26H,15-16H2,1-4H3. The van der Waals surface area contributed by atoms with Crippen molar-refractivity contribution in [2.75, 3.05) is 32.0 Å². The van der Waals surface area contributed by atoms with E-state index in [4.69, 9.17) is 9.47 Å². The number of ether oxygens (including phenoxy) is 2. The summed E-state index contributed by atoms with van der Waals surface area (Å²) in [5, 5.41) is 0. The lowest BCUT2D eigenvalue weighted by atomic mass is 10.1. The third kappa shape index (κ3) is 6.26. The van der Waals surface area contributed by atoms with Gasteiger partial charge in [-0.2, -0.15) is 0 Å². The van der Waals surface area contributed by atoms with E-state index in [1.807, 2.05) is 31.2 Å². The number of carbonyl (C=O) groups excluding carboxylic acids is 1. The number of sulfonamides is 1. The molecule has 1 N–H and O–H groups in total. The van der Waals surface area contributed by atoms with E-state index >= 15 is 0 Å². The number of nitrogens with zero attached hydrogens (tertiary/aromatic N) is 1. The van der Waals surface area contributed by atoms with Crippen LogP contribution in [-0.2, 0) is 10.0 Å². The minimum absolute atomic E-state index is 0.0495. The molecule has 0 aliphatic rings. The van der Waals surface area contributed by atoms with Crippen LogP contribution in [0.25, 0.3) is 0 Å². The minimum Gasteiger partial charge on any atom is -0.497 e. The predicted molar refractivity (Wildman–Crippen MR) is 129 cm³/mol. The molecule has 0 bridgehead atoms. The largest absolute Gasteiger partial charge is 0.497 e. The second kappa shape index (κ2) is 10.4. The SMILES string of the molecule is COc1ccc(NS(=O)(=O)c2cc(C(=O)N(C)CCOc3ccc(C)cc3)ccc2C)cc1. The summed E-state index contributed by atoms with van der Waals surface area (Å²) in [7, 11) is -0.692. The van der Waals surface area contributed by atoms with Gasteiger partial charge >= 0.3 is 0 Å². The van der Waals surface area contributed by atoms with Crippen molar-refractivity contribution in [2.24, 2.45) is 0 Å². The van der Waals surface area contributed by atoms with Crippen LogP contribution in [0.2, 0.25) is 0 Å². The Hall–Kier alpha value is -3.52. The number of nitrogens with one attached hydrogen (secondary N) is 1. The number of rotatable bonds is 9. The highest BCUT2D eigenvalue weighted by molar-refractivity contribution is 7.92. The molecule has 174 valence electrons. The highest BCUT2D eigenvalue weighted by Gasteiger charge is 2.21. The number of methoxy groups -OCH3 is 1. The summed E-state index contributed by atoms with van der Waals surface area (Å²) < 4.78 is 39.3. The topological polar surface area (TPSA) is 84.9 Å². The van der Waals surface area contributed by atoms with Crippen LogP contribution < -0.4 is 14.2 Å². The summed E-state index contributed by atoms with van der Waals surface area (Å²) in [5.41, 5.74) is 2.37. The Balaban J connectivity index is 1.69. The molecule has 3 aromatic rings. The van der Waals surface area contributed by atoms with E-state index in [1.54, 1.807) is 50.4 Å². The van der Waals surface area contributed by atoms with E-state index in [1.165, 1.54) is 18.1 Å². The first-order valence-corrected chi connectivity index (χ1v) is 11.9. The summed E-state index contributed by atoms with van der Waals surface area (Å²) in [4.78, 5) is 14.4. The predicted octanol–water partition coefficient (Wildman–Crippen LogP) is 4.26. The summed E-state index contributed by atoms with van der Waals surface area (Å²) in [6.45, 7) is 4.36. The van der Waals surface area contributed by atoms with E-state index < -0.39 is 10.0 Å². The van der Waals surface area contributed by atoms with Gasteiger partial charge in [-0.25, -0.2) is 8.42 Å². The molecule has 33 heavy (non-hydrogen) atoms. The van der Waals surface area contributed by atoms with Crippen LogP contribution >= 0.6 is 0 Å². The maximum absolute atomic E-state index is 13.0. The lowest BCUT2D eigenvalue weighted by molar-refractivity contribution is 0.0773. The lowest BCUT2D eigenvalue weighted by Crippen LogP contribution is -2.31. The fourth-order valence-corrected chi connectivity index (χ4v) is 4.48. The maximum Gasteiger partial charge on any atom is 0.262 e. The zero-order valence-corrected chi connectivity index (χ0v) is 20.0. The number of benzene rings is 3. The quantitative estimate of drug-likeness (QED) is 0.507. The second-order valence-electron chi connectivity index (χ2n) is 7.70. The van der Waals surface area contributed by atoms with Crippen LogP contribution in [0.1, 0.15) is 21.5 Å². The molecule has 1 amide bonds. The number of likely N-dealkylation sites (N-methyl/N-ethyl adjacent to an activating group) is 1. The van der Waals surface area contributed by atoms with Gasteiger partial charge in [-0.3, -0.25) is 9.52 Å². The van der Waals surface area contributed by atoms with Gasteiger partial charge in [0.15, 0.2) is 0 Å². The Labute approximate surface area is 195 Å². The average molecular weight is 469 g/mol. The van der Waals surface area contributed by atoms with Crippen LogP contribution in [0, 0.1) is 13.8 Å². The zero-order valence-electron chi connectivity index (χ0n) is 19.2. The van der Waals surface area contributed by atoms with Gasteiger partial charge in [0, 0.05) is 18.3 Å². The Bertz CT molecular complexity index is 1210. The van der Waals surface area contributed by atoms with Gasteiger partial charge < -0.3 is 14.4 Å². The molecule has 0 saturated heterocycles. The first kappa shape index (κ1) is 24.1. The van der Waals surface area contributed by atoms with Crippen molar-refractivity contribution < 1.29 is 22.7 Å². The Kier molecular flexibility index (Phi) is 7.60. The molecule has 7 nitrogen and oxygen atoms in total. The number of hydrogen-bond donors (Lipinski definition) is 1. The van der Waals surface area contributed by atoms with Gasteiger partial charge in [0.2, 0.25) is 0 Å². The first-order valence-electron chi connectivity index (χ1n) is 10.4. The van der Waals surface area contributed by atoms with E-state index in [-0.39, 0.29) is 16.4 Å². The third-order valence-electron chi connectivity index (χ3n) is 5.13. The van der Waals surface area contributed by atoms with Crippen LogP contribution in [0.15, 0.2) is 71.6 Å². The van der Waals surface area contributed by atoms with Crippen LogP contribution in [-0.4, -0.2) is 46.5 Å². The van der Waals surface area contributed by atoms with Gasteiger partial charge in [0.1, 0.15) is 18.1 Å². The average Bonchev–Trinajstić information content (AvgIpc) is 2.80. The van der Waals surface area contributed by atoms with E-state index in [0.717, 1.165) is 11.3 Å². The van der Waals surface area contributed by atoms with Crippen molar-refractivity contribution in [1.29, 1.82) is 0 Å². The highest BCUT2D eigenvalue weighted by Crippen LogP contribution is 2.23.